The maximum atomic E-state index is 12.5. The molecule has 0 aliphatic carbocycles. The molecule has 10 heteroatoms. The van der Waals surface area contributed by atoms with E-state index < -0.39 is 11.9 Å². The minimum atomic E-state index is -1.82. The number of carbonyl (C=O) groups is 3. The lowest BCUT2D eigenvalue weighted by atomic mass is 9.91. The maximum Gasteiger partial charge on any atom is 0.414 e. The van der Waals surface area contributed by atoms with E-state index in [-0.39, 0.29) is 23.0 Å². The van der Waals surface area contributed by atoms with Gasteiger partial charge in [-0.05, 0) is 51.5 Å². The smallest absolute Gasteiger partial charge is 0.414 e. The summed E-state index contributed by atoms with van der Waals surface area (Å²) in [6.45, 7) is 8.38. The number of nitrogens with zero attached hydrogens (tertiary/aromatic N) is 2. The van der Waals surface area contributed by atoms with Crippen LogP contribution in [0.3, 0.4) is 0 Å². The molecule has 4 N–H and O–H groups in total. The summed E-state index contributed by atoms with van der Waals surface area (Å²) < 4.78 is 5.18. The molecule has 1 amide bonds. The highest BCUT2D eigenvalue weighted by atomic mass is 16.5. The van der Waals surface area contributed by atoms with E-state index in [1.807, 2.05) is 12.1 Å². The summed E-state index contributed by atoms with van der Waals surface area (Å²) in [4.78, 5) is 35.2. The number of ether oxygens (including phenoxy) is 1. The summed E-state index contributed by atoms with van der Waals surface area (Å²) in [7, 11) is 5.67. The molecule has 1 fully saturated rings. The lowest BCUT2D eigenvalue weighted by molar-refractivity contribution is -0.159. The Morgan fingerprint density at radius 3 is 2.21 bits per heavy atom. The predicted octanol–water partition coefficient (Wildman–Crippen LogP) is 1.47. The molecule has 0 radical (unpaired) electrons. The lowest BCUT2D eigenvalue weighted by Gasteiger charge is -2.33. The molecular weight excluding hydrogens is 430 g/mol. The number of carboxylic acids is 2. The predicted molar refractivity (Wildman–Crippen MR) is 123 cm³/mol. The normalized spacial score (nSPS) is 14.8. The molecule has 0 atom stereocenters. The molecule has 1 aliphatic heterocycles. The summed E-state index contributed by atoms with van der Waals surface area (Å²) in [5, 5.41) is 28.2. The van der Waals surface area contributed by atoms with Crippen molar-refractivity contribution < 1.29 is 34.4 Å². The second kappa shape index (κ2) is 13.0. The van der Waals surface area contributed by atoms with Crippen LogP contribution in [0.25, 0.3) is 0 Å². The van der Waals surface area contributed by atoms with Gasteiger partial charge in [-0.15, -0.1) is 0 Å². The van der Waals surface area contributed by atoms with Gasteiger partial charge >= 0.3 is 11.9 Å². The Bertz CT molecular complexity index is 791. The second-order valence-electron chi connectivity index (χ2n) is 9.25. The largest absolute Gasteiger partial charge is 0.504 e. The van der Waals surface area contributed by atoms with Gasteiger partial charge in [-0.25, -0.2) is 9.59 Å². The van der Waals surface area contributed by atoms with E-state index >= 15 is 0 Å². The minimum Gasteiger partial charge on any atom is -0.504 e. The number of phenols is 1. The third-order valence-electron chi connectivity index (χ3n) is 5.32. The average Bonchev–Trinajstić information content (AvgIpc) is 2.73. The first-order valence-corrected chi connectivity index (χ1v) is 10.8. The molecule has 1 aliphatic rings. The molecule has 33 heavy (non-hydrogen) atoms. The van der Waals surface area contributed by atoms with Crippen LogP contribution in [0.4, 0.5) is 0 Å². The number of hydrogen-bond acceptors (Lipinski definition) is 7. The number of phenolic OH excluding ortho intramolecular Hbond substituents is 1. The van der Waals surface area contributed by atoms with E-state index in [4.69, 9.17) is 24.5 Å². The number of rotatable bonds is 8. The van der Waals surface area contributed by atoms with Crippen molar-refractivity contribution in [2.45, 2.75) is 33.2 Å². The van der Waals surface area contributed by atoms with Crippen molar-refractivity contribution in [3.63, 3.8) is 0 Å². The zero-order chi connectivity index (χ0) is 25.2. The van der Waals surface area contributed by atoms with E-state index in [2.05, 4.69) is 43.1 Å². The Morgan fingerprint density at radius 1 is 1.15 bits per heavy atom. The van der Waals surface area contributed by atoms with Gasteiger partial charge < -0.3 is 30.3 Å². The highest BCUT2D eigenvalue weighted by Gasteiger charge is 2.27. The van der Waals surface area contributed by atoms with Crippen LogP contribution in [-0.4, -0.2) is 90.3 Å². The number of aromatic hydroxyl groups is 1. The molecule has 2 rings (SSSR count). The number of aliphatic carboxylic acids is 2. The van der Waals surface area contributed by atoms with Crippen molar-refractivity contribution in [1.29, 1.82) is 0 Å². The summed E-state index contributed by atoms with van der Waals surface area (Å²) in [5.41, 5.74) is 0.923. The number of nitrogens with one attached hydrogen (secondary N) is 1. The number of benzene rings is 1. The van der Waals surface area contributed by atoms with Crippen LogP contribution in [0, 0.1) is 11.3 Å². The summed E-state index contributed by atoms with van der Waals surface area (Å²) in [6, 6.07) is 5.57. The van der Waals surface area contributed by atoms with E-state index in [9.17, 15) is 9.90 Å². The Balaban J connectivity index is 0.000000801. The maximum absolute atomic E-state index is 12.5. The number of amides is 1. The summed E-state index contributed by atoms with van der Waals surface area (Å²) in [6.07, 6.45) is 1.70. The van der Waals surface area contributed by atoms with Gasteiger partial charge in [-0.2, -0.15) is 0 Å². The van der Waals surface area contributed by atoms with Crippen LogP contribution in [0.1, 0.15) is 32.3 Å². The van der Waals surface area contributed by atoms with Crippen molar-refractivity contribution in [3.05, 3.63) is 23.8 Å². The van der Waals surface area contributed by atoms with E-state index in [0.29, 0.717) is 18.8 Å². The van der Waals surface area contributed by atoms with Gasteiger partial charge in [0.1, 0.15) is 0 Å². The van der Waals surface area contributed by atoms with Crippen molar-refractivity contribution >= 4 is 17.8 Å². The Hall–Kier alpha value is -2.85. The molecule has 186 valence electrons. The fraction of sp³-hybridized carbons (Fsp3) is 0.609. The van der Waals surface area contributed by atoms with Crippen LogP contribution < -0.4 is 10.1 Å². The van der Waals surface area contributed by atoms with Gasteiger partial charge in [0.05, 0.1) is 7.11 Å². The summed E-state index contributed by atoms with van der Waals surface area (Å²) in [5.74, 6) is -2.68. The van der Waals surface area contributed by atoms with Crippen molar-refractivity contribution in [2.24, 2.45) is 11.3 Å². The lowest BCUT2D eigenvalue weighted by Crippen LogP contribution is -2.44. The number of likely N-dealkylation sites (tertiary alicyclic amines) is 1. The molecule has 10 nitrogen and oxygen atoms in total. The van der Waals surface area contributed by atoms with Crippen LogP contribution in [-0.2, 0) is 20.9 Å². The van der Waals surface area contributed by atoms with Gasteiger partial charge in [0.15, 0.2) is 11.5 Å². The van der Waals surface area contributed by atoms with E-state index in [0.717, 1.165) is 38.0 Å². The van der Waals surface area contributed by atoms with Gasteiger partial charge in [0, 0.05) is 31.1 Å². The van der Waals surface area contributed by atoms with Crippen molar-refractivity contribution in [1.82, 2.24) is 15.1 Å². The van der Waals surface area contributed by atoms with Crippen LogP contribution in [0.5, 0.6) is 11.5 Å². The first kappa shape index (κ1) is 28.2. The van der Waals surface area contributed by atoms with Crippen molar-refractivity contribution in [2.75, 3.05) is 47.4 Å². The first-order chi connectivity index (χ1) is 15.4. The van der Waals surface area contributed by atoms with Crippen LogP contribution in [0.15, 0.2) is 18.2 Å². The molecule has 1 aromatic carbocycles. The number of hydrogen-bond donors (Lipinski definition) is 4. The first-order valence-electron chi connectivity index (χ1n) is 10.8. The Morgan fingerprint density at radius 2 is 1.73 bits per heavy atom. The van der Waals surface area contributed by atoms with Gasteiger partial charge in [-0.1, -0.05) is 26.0 Å². The average molecular weight is 468 g/mol. The molecule has 0 aromatic heterocycles. The van der Waals surface area contributed by atoms with Gasteiger partial charge in [0.2, 0.25) is 5.91 Å². The molecular formula is C23H37N3O7. The molecule has 1 heterocycles. The second-order valence-corrected chi connectivity index (χ2v) is 9.25. The van der Waals surface area contributed by atoms with Crippen LogP contribution >= 0.6 is 0 Å². The quantitative estimate of drug-likeness (QED) is 0.418. The highest BCUT2D eigenvalue weighted by Crippen LogP contribution is 2.31. The molecule has 0 bridgehead atoms. The summed E-state index contributed by atoms with van der Waals surface area (Å²) >= 11 is 0. The van der Waals surface area contributed by atoms with E-state index in [1.54, 1.807) is 13.2 Å². The third kappa shape index (κ3) is 10.1. The number of carboxylic acid groups (broad SMARTS) is 2. The zero-order valence-electron chi connectivity index (χ0n) is 20.1. The Kier molecular flexibility index (Phi) is 11.1. The standard InChI is InChI=1S/C21H35N3O3.C2H2O4/c1-21(2,15-23(3)4)14-22-20(26)16-9-11-24(12-10-16)13-17-7-6-8-18(27-5)19(17)25;3-1(4)2(5)6/h6-8,16,25H,9-15H2,1-5H3,(H,22,26);(H,3,4)(H,5,6). The fourth-order valence-electron chi connectivity index (χ4n) is 3.84. The van der Waals surface area contributed by atoms with Crippen molar-refractivity contribution in [3.8, 4) is 11.5 Å². The van der Waals surface area contributed by atoms with E-state index in [1.165, 1.54) is 0 Å². The number of para-hydroxylation sites is 1. The van der Waals surface area contributed by atoms with Gasteiger partial charge in [-0.3, -0.25) is 9.69 Å². The van der Waals surface area contributed by atoms with Crippen LogP contribution in [0.2, 0.25) is 0 Å². The highest BCUT2D eigenvalue weighted by molar-refractivity contribution is 6.27. The molecule has 1 aromatic rings. The molecule has 0 saturated carbocycles. The monoisotopic (exact) mass is 467 g/mol. The minimum absolute atomic E-state index is 0.0593. The zero-order valence-corrected chi connectivity index (χ0v) is 20.1. The number of piperidine rings is 1. The molecule has 0 unspecified atom stereocenters. The fourth-order valence-corrected chi connectivity index (χ4v) is 3.84. The number of carbonyl (C=O) groups excluding carboxylic acids is 1. The topological polar surface area (TPSA) is 140 Å². The SMILES string of the molecule is COc1cccc(CN2CCC(C(=O)NCC(C)(C)CN(C)C)CC2)c1O.O=C(O)C(=O)O. The third-order valence-corrected chi connectivity index (χ3v) is 5.32. The molecule has 0 spiro atoms. The number of methoxy groups -OCH3 is 1. The van der Waals surface area contributed by atoms with Gasteiger partial charge in [0.25, 0.3) is 0 Å². The molecule has 1 saturated heterocycles. The Labute approximate surface area is 195 Å².